The number of ether oxygens (including phenoxy) is 1. The van der Waals surface area contributed by atoms with Crippen LogP contribution in [0.5, 0.6) is 0 Å². The zero-order chi connectivity index (χ0) is 28.3. The second-order valence-electron chi connectivity index (χ2n) is 10.9. The Balaban J connectivity index is 1.24. The number of nitrogens with one attached hydrogen (secondary N) is 1. The SMILES string of the molecule is CC(=O)Nc1ccc(C(=O)N(C)C[C@H](CCN2CCC3(CC2)OCc2ccccc23)c2ccc(Cl)c(Cl)c2)cc1. The van der Waals surface area contributed by atoms with Crippen molar-refractivity contribution in [2.24, 2.45) is 0 Å². The highest BCUT2D eigenvalue weighted by atomic mass is 35.5. The number of halogens is 2. The lowest BCUT2D eigenvalue weighted by atomic mass is 9.83. The van der Waals surface area contributed by atoms with Gasteiger partial charge in [-0.3, -0.25) is 9.59 Å². The number of likely N-dealkylation sites (N-methyl/N-ethyl adjacent to an activating group) is 1. The van der Waals surface area contributed by atoms with Crippen molar-refractivity contribution in [2.45, 2.75) is 44.3 Å². The van der Waals surface area contributed by atoms with Gasteiger partial charge in [0.25, 0.3) is 5.91 Å². The lowest BCUT2D eigenvalue weighted by molar-refractivity contribution is -0.114. The number of anilines is 1. The molecule has 2 heterocycles. The number of carbonyl (C=O) groups excluding carboxylic acids is 2. The summed E-state index contributed by atoms with van der Waals surface area (Å²) in [4.78, 5) is 28.9. The highest BCUT2D eigenvalue weighted by molar-refractivity contribution is 6.42. The molecule has 3 aromatic rings. The highest BCUT2D eigenvalue weighted by Crippen LogP contribution is 2.44. The molecule has 40 heavy (non-hydrogen) atoms. The van der Waals surface area contributed by atoms with E-state index < -0.39 is 0 Å². The van der Waals surface area contributed by atoms with Crippen LogP contribution >= 0.6 is 23.2 Å². The molecule has 8 heteroatoms. The third-order valence-electron chi connectivity index (χ3n) is 8.18. The van der Waals surface area contributed by atoms with E-state index in [1.165, 1.54) is 18.1 Å². The molecule has 0 saturated carbocycles. The Kier molecular flexibility index (Phi) is 8.81. The summed E-state index contributed by atoms with van der Waals surface area (Å²) in [7, 11) is 1.83. The smallest absolute Gasteiger partial charge is 0.253 e. The van der Waals surface area contributed by atoms with Gasteiger partial charge in [0.15, 0.2) is 0 Å². The van der Waals surface area contributed by atoms with Gasteiger partial charge < -0.3 is 19.9 Å². The van der Waals surface area contributed by atoms with E-state index in [2.05, 4.69) is 34.5 Å². The predicted octanol–water partition coefficient (Wildman–Crippen LogP) is 6.72. The van der Waals surface area contributed by atoms with Crippen LogP contribution in [0, 0.1) is 0 Å². The first-order valence-electron chi connectivity index (χ1n) is 13.8. The van der Waals surface area contributed by atoms with Gasteiger partial charge in [0, 0.05) is 50.8 Å². The number of carbonyl (C=O) groups is 2. The van der Waals surface area contributed by atoms with Gasteiger partial charge in [0.2, 0.25) is 5.91 Å². The molecule has 2 aliphatic heterocycles. The number of amides is 2. The van der Waals surface area contributed by atoms with E-state index in [-0.39, 0.29) is 23.3 Å². The van der Waals surface area contributed by atoms with Crippen molar-refractivity contribution in [1.82, 2.24) is 9.80 Å². The number of hydrogen-bond donors (Lipinski definition) is 1. The molecule has 6 nitrogen and oxygen atoms in total. The Bertz CT molecular complexity index is 1370. The Morgan fingerprint density at radius 1 is 1.02 bits per heavy atom. The maximum absolute atomic E-state index is 13.3. The van der Waals surface area contributed by atoms with Crippen molar-refractivity contribution in [3.05, 3.63) is 99.0 Å². The second-order valence-corrected chi connectivity index (χ2v) is 11.7. The van der Waals surface area contributed by atoms with Crippen LogP contribution in [0.3, 0.4) is 0 Å². The van der Waals surface area contributed by atoms with Gasteiger partial charge in [-0.1, -0.05) is 53.5 Å². The van der Waals surface area contributed by atoms with E-state index in [9.17, 15) is 9.59 Å². The Morgan fingerprint density at radius 2 is 1.75 bits per heavy atom. The van der Waals surface area contributed by atoms with Crippen LogP contribution in [0.2, 0.25) is 10.0 Å². The van der Waals surface area contributed by atoms with Gasteiger partial charge in [0.1, 0.15) is 0 Å². The van der Waals surface area contributed by atoms with Crippen molar-refractivity contribution in [1.29, 1.82) is 0 Å². The standard InChI is InChI=1S/C32H35Cl2N3O3/c1-22(38)35-27-10-7-23(8-11-27)31(39)36(2)20-25(24-9-12-29(33)30(34)19-24)13-16-37-17-14-32(15-18-37)28-6-4-3-5-26(28)21-40-32/h3-12,19,25H,13-18,20-21H2,1-2H3,(H,35,38)/t25-/m0/s1. The van der Waals surface area contributed by atoms with Crippen molar-refractivity contribution in [3.63, 3.8) is 0 Å². The first kappa shape index (κ1) is 28.6. The molecule has 1 spiro atoms. The summed E-state index contributed by atoms with van der Waals surface area (Å²) >= 11 is 12.6. The number of nitrogens with zero attached hydrogens (tertiary/aromatic N) is 2. The van der Waals surface area contributed by atoms with Gasteiger partial charge in [-0.15, -0.1) is 0 Å². The van der Waals surface area contributed by atoms with Crippen LogP contribution in [-0.2, 0) is 21.7 Å². The van der Waals surface area contributed by atoms with Crippen LogP contribution in [0.1, 0.15) is 59.2 Å². The van der Waals surface area contributed by atoms with E-state index in [0.717, 1.165) is 44.5 Å². The first-order valence-corrected chi connectivity index (χ1v) is 14.5. The van der Waals surface area contributed by atoms with E-state index in [1.54, 1.807) is 29.2 Å². The molecule has 0 aromatic heterocycles. The monoisotopic (exact) mass is 579 g/mol. The van der Waals surface area contributed by atoms with E-state index in [0.29, 0.717) is 34.4 Å². The van der Waals surface area contributed by atoms with E-state index in [1.807, 2.05) is 25.2 Å². The van der Waals surface area contributed by atoms with Crippen LogP contribution in [0.15, 0.2) is 66.7 Å². The summed E-state index contributed by atoms with van der Waals surface area (Å²) in [6.45, 7) is 5.55. The molecule has 210 valence electrons. The average molecular weight is 581 g/mol. The number of fused-ring (bicyclic) bond motifs is 2. The average Bonchev–Trinajstić information content (AvgIpc) is 3.31. The minimum atomic E-state index is -0.154. The second kappa shape index (κ2) is 12.3. The Labute approximate surface area is 246 Å². The van der Waals surface area contributed by atoms with Crippen LogP contribution in [0.25, 0.3) is 0 Å². The summed E-state index contributed by atoms with van der Waals surface area (Å²) < 4.78 is 6.35. The molecule has 1 saturated heterocycles. The van der Waals surface area contributed by atoms with Gasteiger partial charge in [0.05, 0.1) is 22.3 Å². The number of benzene rings is 3. The molecule has 1 fully saturated rings. The first-order chi connectivity index (χ1) is 19.2. The van der Waals surface area contributed by atoms with Crippen LogP contribution in [-0.4, -0.2) is 54.8 Å². The summed E-state index contributed by atoms with van der Waals surface area (Å²) in [6, 6.07) is 21.3. The Hall–Kier alpha value is -2.90. The zero-order valence-electron chi connectivity index (χ0n) is 23.0. The molecule has 0 radical (unpaired) electrons. The maximum Gasteiger partial charge on any atom is 0.253 e. The molecule has 1 atom stereocenters. The van der Waals surface area contributed by atoms with Gasteiger partial charge in [-0.05, 0) is 78.9 Å². The fourth-order valence-electron chi connectivity index (χ4n) is 5.94. The summed E-state index contributed by atoms with van der Waals surface area (Å²) in [6.07, 6.45) is 2.84. The molecule has 5 rings (SSSR count). The fourth-order valence-corrected chi connectivity index (χ4v) is 6.24. The highest BCUT2D eigenvalue weighted by Gasteiger charge is 2.42. The number of piperidine rings is 1. The number of likely N-dealkylation sites (tertiary alicyclic amines) is 1. The van der Waals surface area contributed by atoms with Gasteiger partial charge >= 0.3 is 0 Å². The third-order valence-corrected chi connectivity index (χ3v) is 8.92. The van der Waals surface area contributed by atoms with E-state index >= 15 is 0 Å². The van der Waals surface area contributed by atoms with Crippen LogP contribution in [0.4, 0.5) is 5.69 Å². The minimum Gasteiger partial charge on any atom is -0.365 e. The molecular weight excluding hydrogens is 545 g/mol. The molecule has 2 amide bonds. The lowest BCUT2D eigenvalue weighted by Gasteiger charge is -2.40. The molecular formula is C32H35Cl2N3O3. The third kappa shape index (κ3) is 6.36. The molecule has 0 unspecified atom stereocenters. The molecule has 3 aromatic carbocycles. The molecule has 0 bridgehead atoms. The van der Waals surface area contributed by atoms with Crippen molar-refractivity contribution < 1.29 is 14.3 Å². The van der Waals surface area contributed by atoms with Crippen molar-refractivity contribution in [2.75, 3.05) is 38.5 Å². The molecule has 0 aliphatic carbocycles. The number of hydrogen-bond acceptors (Lipinski definition) is 4. The minimum absolute atomic E-state index is 0.0728. The quantitative estimate of drug-likeness (QED) is 0.322. The predicted molar refractivity (Wildman–Crippen MR) is 160 cm³/mol. The maximum atomic E-state index is 13.3. The van der Waals surface area contributed by atoms with Crippen LogP contribution < -0.4 is 5.32 Å². The van der Waals surface area contributed by atoms with Crippen molar-refractivity contribution in [3.8, 4) is 0 Å². The van der Waals surface area contributed by atoms with E-state index in [4.69, 9.17) is 27.9 Å². The van der Waals surface area contributed by atoms with Gasteiger partial charge in [-0.2, -0.15) is 0 Å². The van der Waals surface area contributed by atoms with Gasteiger partial charge in [-0.25, -0.2) is 0 Å². The Morgan fingerprint density at radius 3 is 2.45 bits per heavy atom. The topological polar surface area (TPSA) is 61.9 Å². The fraction of sp³-hybridized carbons (Fsp3) is 0.375. The summed E-state index contributed by atoms with van der Waals surface area (Å²) in [5.74, 6) is -0.136. The summed E-state index contributed by atoms with van der Waals surface area (Å²) in [5.41, 5.74) is 4.81. The lowest BCUT2D eigenvalue weighted by Crippen LogP contribution is -2.43. The summed E-state index contributed by atoms with van der Waals surface area (Å²) in [5, 5.41) is 3.77. The largest absolute Gasteiger partial charge is 0.365 e. The molecule has 2 aliphatic rings. The number of rotatable bonds is 8. The normalized spacial score (nSPS) is 16.9. The van der Waals surface area contributed by atoms with Crippen molar-refractivity contribution >= 4 is 40.7 Å². The molecule has 1 N–H and O–H groups in total. The zero-order valence-corrected chi connectivity index (χ0v) is 24.5.